The Kier molecular flexibility index (Phi) is 2.95. The maximum atomic E-state index is 5.89. The van der Waals surface area contributed by atoms with Crippen molar-refractivity contribution in [2.75, 3.05) is 5.73 Å². The first kappa shape index (κ1) is 12.1. The lowest BCUT2D eigenvalue weighted by molar-refractivity contribution is 0.489. The van der Waals surface area contributed by atoms with Gasteiger partial charge in [-0.3, -0.25) is 0 Å². The summed E-state index contributed by atoms with van der Waals surface area (Å²) >= 11 is 1.53. The Balaban J connectivity index is 2.01. The van der Waals surface area contributed by atoms with E-state index in [-0.39, 0.29) is 0 Å². The molecule has 0 aliphatic carbocycles. The molecule has 0 saturated carbocycles. The summed E-state index contributed by atoms with van der Waals surface area (Å²) < 4.78 is 5.72. The third-order valence-corrected chi connectivity index (χ3v) is 3.98. The Morgan fingerprint density at radius 1 is 1.16 bits per heavy atom. The number of nitrogens with two attached hydrogens (primary N) is 1. The number of para-hydroxylation sites is 1. The fourth-order valence-corrected chi connectivity index (χ4v) is 2.83. The zero-order valence-electron chi connectivity index (χ0n) is 10.8. The summed E-state index contributed by atoms with van der Waals surface area (Å²) in [5.41, 5.74) is 10.4. The summed E-state index contributed by atoms with van der Waals surface area (Å²) in [7, 11) is 0. The Labute approximate surface area is 115 Å². The van der Waals surface area contributed by atoms with Gasteiger partial charge in [-0.05, 0) is 54.9 Å². The number of anilines is 1. The van der Waals surface area contributed by atoms with Gasteiger partial charge in [0.1, 0.15) is 5.52 Å². The molecule has 1 heterocycles. The number of rotatable bonds is 2. The van der Waals surface area contributed by atoms with Gasteiger partial charge in [0.15, 0.2) is 5.58 Å². The molecule has 2 N–H and O–H groups in total. The molecule has 19 heavy (non-hydrogen) atoms. The topological polar surface area (TPSA) is 52.0 Å². The largest absolute Gasteiger partial charge is 0.431 e. The third kappa shape index (κ3) is 2.31. The number of aryl methyl sites for hydroxylation is 2. The van der Waals surface area contributed by atoms with E-state index in [1.165, 1.54) is 22.9 Å². The highest BCUT2D eigenvalue weighted by atomic mass is 32.2. The minimum absolute atomic E-state index is 0.626. The summed E-state index contributed by atoms with van der Waals surface area (Å²) in [4.78, 5) is 5.61. The van der Waals surface area contributed by atoms with Gasteiger partial charge in [0, 0.05) is 4.90 Å². The number of oxazole rings is 1. The number of hydrogen-bond acceptors (Lipinski definition) is 4. The van der Waals surface area contributed by atoms with Gasteiger partial charge in [0.05, 0.1) is 5.69 Å². The molecule has 0 bridgehead atoms. The van der Waals surface area contributed by atoms with Crippen LogP contribution in [0.3, 0.4) is 0 Å². The first-order valence-electron chi connectivity index (χ1n) is 6.03. The highest BCUT2D eigenvalue weighted by molar-refractivity contribution is 7.99. The van der Waals surface area contributed by atoms with E-state index in [0.717, 1.165) is 16.0 Å². The van der Waals surface area contributed by atoms with E-state index in [0.29, 0.717) is 10.9 Å². The average molecular weight is 270 g/mol. The molecule has 0 aliphatic rings. The van der Waals surface area contributed by atoms with Crippen LogP contribution in [0, 0.1) is 13.8 Å². The van der Waals surface area contributed by atoms with Crippen LogP contribution in [-0.2, 0) is 0 Å². The van der Waals surface area contributed by atoms with E-state index in [1.807, 2.05) is 18.2 Å². The van der Waals surface area contributed by atoms with E-state index < -0.39 is 0 Å². The first-order chi connectivity index (χ1) is 9.13. The molecule has 4 heteroatoms. The van der Waals surface area contributed by atoms with Crippen molar-refractivity contribution in [1.29, 1.82) is 0 Å². The molecule has 0 unspecified atom stereocenters. The predicted molar refractivity (Wildman–Crippen MR) is 78.5 cm³/mol. The Morgan fingerprint density at radius 3 is 2.79 bits per heavy atom. The second kappa shape index (κ2) is 4.63. The van der Waals surface area contributed by atoms with Gasteiger partial charge in [0.2, 0.25) is 0 Å². The lowest BCUT2D eigenvalue weighted by Crippen LogP contribution is -1.85. The van der Waals surface area contributed by atoms with Crippen molar-refractivity contribution in [3.05, 3.63) is 47.5 Å². The molecule has 2 aromatic carbocycles. The van der Waals surface area contributed by atoms with E-state index >= 15 is 0 Å². The van der Waals surface area contributed by atoms with Crippen LogP contribution in [0.2, 0.25) is 0 Å². The van der Waals surface area contributed by atoms with Gasteiger partial charge in [-0.1, -0.05) is 18.2 Å². The summed E-state index contributed by atoms with van der Waals surface area (Å²) in [6, 6.07) is 11.9. The van der Waals surface area contributed by atoms with E-state index in [2.05, 4.69) is 37.0 Å². The summed E-state index contributed by atoms with van der Waals surface area (Å²) in [5.74, 6) is 0. The SMILES string of the molecule is Cc1ccc(C)c(Sc2nc3c(N)cccc3o2)c1. The maximum absolute atomic E-state index is 5.89. The van der Waals surface area contributed by atoms with Gasteiger partial charge in [-0.2, -0.15) is 0 Å². The highest BCUT2D eigenvalue weighted by Gasteiger charge is 2.10. The molecule has 3 aromatic rings. The molecule has 3 rings (SSSR count). The van der Waals surface area contributed by atoms with Crippen LogP contribution in [0.5, 0.6) is 0 Å². The molecular formula is C15H14N2OS. The maximum Gasteiger partial charge on any atom is 0.261 e. The molecule has 0 saturated heterocycles. The number of benzene rings is 2. The monoisotopic (exact) mass is 270 g/mol. The van der Waals surface area contributed by atoms with Gasteiger partial charge in [-0.15, -0.1) is 0 Å². The smallest absolute Gasteiger partial charge is 0.261 e. The minimum atomic E-state index is 0.626. The zero-order chi connectivity index (χ0) is 13.4. The van der Waals surface area contributed by atoms with Crippen LogP contribution in [0.4, 0.5) is 5.69 Å². The van der Waals surface area contributed by atoms with Gasteiger partial charge in [0.25, 0.3) is 5.22 Å². The van der Waals surface area contributed by atoms with Crippen LogP contribution in [0.15, 0.2) is 50.9 Å². The van der Waals surface area contributed by atoms with Crippen LogP contribution >= 0.6 is 11.8 Å². The summed E-state index contributed by atoms with van der Waals surface area (Å²) in [6.07, 6.45) is 0. The molecule has 0 amide bonds. The number of aromatic nitrogens is 1. The lowest BCUT2D eigenvalue weighted by atomic mass is 10.2. The second-order valence-corrected chi connectivity index (χ2v) is 5.54. The molecule has 0 atom stereocenters. The van der Waals surface area contributed by atoms with E-state index in [4.69, 9.17) is 10.2 Å². The molecule has 0 radical (unpaired) electrons. The van der Waals surface area contributed by atoms with Crippen molar-refractivity contribution >= 4 is 28.5 Å². The van der Waals surface area contributed by atoms with Crippen LogP contribution < -0.4 is 5.73 Å². The Morgan fingerprint density at radius 2 is 2.00 bits per heavy atom. The second-order valence-electron chi connectivity index (χ2n) is 4.54. The van der Waals surface area contributed by atoms with Crippen molar-refractivity contribution in [1.82, 2.24) is 4.98 Å². The highest BCUT2D eigenvalue weighted by Crippen LogP contribution is 2.33. The minimum Gasteiger partial charge on any atom is -0.431 e. The van der Waals surface area contributed by atoms with E-state index in [1.54, 1.807) is 0 Å². The van der Waals surface area contributed by atoms with Crippen LogP contribution in [0.1, 0.15) is 11.1 Å². The average Bonchev–Trinajstić information content (AvgIpc) is 2.78. The third-order valence-electron chi connectivity index (χ3n) is 2.97. The van der Waals surface area contributed by atoms with Crippen molar-refractivity contribution in [3.8, 4) is 0 Å². The van der Waals surface area contributed by atoms with Crippen molar-refractivity contribution in [2.24, 2.45) is 0 Å². The number of hydrogen-bond donors (Lipinski definition) is 1. The van der Waals surface area contributed by atoms with Gasteiger partial charge >= 0.3 is 0 Å². The summed E-state index contributed by atoms with van der Waals surface area (Å²) in [5, 5.41) is 0.626. The molecule has 1 aromatic heterocycles. The molecule has 96 valence electrons. The van der Waals surface area contributed by atoms with Crippen LogP contribution in [-0.4, -0.2) is 4.98 Å². The lowest BCUT2D eigenvalue weighted by Gasteiger charge is -2.03. The molecule has 0 aliphatic heterocycles. The van der Waals surface area contributed by atoms with Crippen LogP contribution in [0.25, 0.3) is 11.1 Å². The van der Waals surface area contributed by atoms with E-state index in [9.17, 15) is 0 Å². The van der Waals surface area contributed by atoms with Crippen molar-refractivity contribution < 1.29 is 4.42 Å². The van der Waals surface area contributed by atoms with Gasteiger partial charge < -0.3 is 10.2 Å². The number of nitrogen functional groups attached to an aromatic ring is 1. The molecule has 0 spiro atoms. The summed E-state index contributed by atoms with van der Waals surface area (Å²) in [6.45, 7) is 4.16. The Hall–Kier alpha value is -1.94. The standard InChI is InChI=1S/C15H14N2OS/c1-9-6-7-10(2)13(8-9)19-15-17-14-11(16)4-3-5-12(14)18-15/h3-8H,16H2,1-2H3. The quantitative estimate of drug-likeness (QED) is 0.710. The number of nitrogens with zero attached hydrogens (tertiary/aromatic N) is 1. The van der Waals surface area contributed by atoms with Crippen molar-refractivity contribution in [3.63, 3.8) is 0 Å². The molecular weight excluding hydrogens is 256 g/mol. The fraction of sp³-hybridized carbons (Fsp3) is 0.133. The predicted octanol–water partition coefficient (Wildman–Crippen LogP) is 4.18. The molecule has 3 nitrogen and oxygen atoms in total. The van der Waals surface area contributed by atoms with Gasteiger partial charge in [-0.25, -0.2) is 4.98 Å². The first-order valence-corrected chi connectivity index (χ1v) is 6.85. The zero-order valence-corrected chi connectivity index (χ0v) is 11.6. The fourth-order valence-electron chi connectivity index (χ4n) is 1.90. The normalized spacial score (nSPS) is 11.1. The van der Waals surface area contributed by atoms with Crippen molar-refractivity contribution in [2.45, 2.75) is 24.0 Å². The molecule has 0 fully saturated rings. The Bertz CT molecular complexity index is 749. The number of fused-ring (bicyclic) bond motifs is 1.